The van der Waals surface area contributed by atoms with Crippen molar-refractivity contribution >= 4 is 43.2 Å². The number of nitrogens with one attached hydrogen (secondary N) is 1. The van der Waals surface area contributed by atoms with Crippen LogP contribution >= 0.6 is 43.2 Å². The van der Waals surface area contributed by atoms with Crippen LogP contribution in [0.3, 0.4) is 0 Å². The molecule has 1 N–H and O–H groups in total. The molecular weight excluding hydrogens is 410 g/mol. The Morgan fingerprint density at radius 3 is 2.71 bits per heavy atom. The zero-order valence-electron chi connectivity index (χ0n) is 12.2. The molecule has 0 aliphatic heterocycles. The van der Waals surface area contributed by atoms with E-state index in [9.17, 15) is 0 Å². The maximum atomic E-state index is 3.66. The Labute approximate surface area is 148 Å². The van der Waals surface area contributed by atoms with Gasteiger partial charge in [-0.2, -0.15) is 0 Å². The molecule has 0 saturated carbocycles. The van der Waals surface area contributed by atoms with Gasteiger partial charge in [-0.05, 0) is 83.3 Å². The third-order valence-corrected chi connectivity index (χ3v) is 5.88. The highest BCUT2D eigenvalue weighted by Crippen LogP contribution is 2.27. The highest BCUT2D eigenvalue weighted by atomic mass is 79.9. The number of hydrogen-bond acceptors (Lipinski definition) is 2. The molecule has 0 aliphatic rings. The van der Waals surface area contributed by atoms with E-state index in [0.717, 1.165) is 30.4 Å². The molecular formula is C17H21Br2NS. The van der Waals surface area contributed by atoms with E-state index in [2.05, 4.69) is 79.8 Å². The smallest absolute Gasteiger partial charge is 0.0314 e. The Morgan fingerprint density at radius 2 is 2.05 bits per heavy atom. The van der Waals surface area contributed by atoms with E-state index < -0.39 is 0 Å². The van der Waals surface area contributed by atoms with E-state index in [1.165, 1.54) is 21.3 Å². The van der Waals surface area contributed by atoms with Crippen LogP contribution in [0.5, 0.6) is 0 Å². The lowest BCUT2D eigenvalue weighted by Crippen LogP contribution is -2.26. The minimum Gasteiger partial charge on any atom is -0.316 e. The molecule has 1 atom stereocenters. The lowest BCUT2D eigenvalue weighted by molar-refractivity contribution is 0.473. The molecule has 0 radical (unpaired) electrons. The molecule has 0 spiro atoms. The number of rotatable bonds is 8. The molecule has 0 fully saturated rings. The monoisotopic (exact) mass is 429 g/mol. The lowest BCUT2D eigenvalue weighted by Gasteiger charge is -2.17. The van der Waals surface area contributed by atoms with Gasteiger partial charge in [-0.25, -0.2) is 0 Å². The Hall–Kier alpha value is -0.160. The van der Waals surface area contributed by atoms with E-state index in [1.807, 2.05) is 11.3 Å². The minimum absolute atomic E-state index is 0.626. The molecule has 0 amide bonds. The average molecular weight is 431 g/mol. The molecule has 2 aromatic rings. The second kappa shape index (κ2) is 9.09. The van der Waals surface area contributed by atoms with Crippen LogP contribution < -0.4 is 5.32 Å². The van der Waals surface area contributed by atoms with Gasteiger partial charge in [0.25, 0.3) is 0 Å². The molecule has 1 aromatic heterocycles. The SMILES string of the molecule is CCCNCC(Cc1cccc(Br)c1)Cc1sccc1Br. The lowest BCUT2D eigenvalue weighted by atomic mass is 9.95. The van der Waals surface area contributed by atoms with E-state index in [4.69, 9.17) is 0 Å². The molecule has 4 heteroatoms. The predicted molar refractivity (Wildman–Crippen MR) is 100 cm³/mol. The Morgan fingerprint density at radius 1 is 1.19 bits per heavy atom. The van der Waals surface area contributed by atoms with Crippen molar-refractivity contribution in [2.75, 3.05) is 13.1 Å². The Balaban J connectivity index is 2.02. The van der Waals surface area contributed by atoms with Crippen molar-refractivity contribution in [3.8, 4) is 0 Å². The number of thiophene rings is 1. The number of halogens is 2. The summed E-state index contributed by atoms with van der Waals surface area (Å²) in [5.41, 5.74) is 1.40. The molecule has 21 heavy (non-hydrogen) atoms. The van der Waals surface area contributed by atoms with E-state index >= 15 is 0 Å². The summed E-state index contributed by atoms with van der Waals surface area (Å²) in [4.78, 5) is 1.45. The van der Waals surface area contributed by atoms with Crippen LogP contribution in [-0.4, -0.2) is 13.1 Å². The Kier molecular flexibility index (Phi) is 7.44. The van der Waals surface area contributed by atoms with Crippen LogP contribution in [-0.2, 0) is 12.8 Å². The standard InChI is InChI=1S/C17H21Br2NS/c1-2-7-20-12-14(11-17-16(19)6-8-21-17)9-13-4-3-5-15(18)10-13/h3-6,8,10,14,20H,2,7,9,11-12H2,1H3. The number of benzene rings is 1. The molecule has 1 unspecified atom stereocenters. The fraction of sp³-hybridized carbons (Fsp3) is 0.412. The largest absolute Gasteiger partial charge is 0.316 e. The average Bonchev–Trinajstić information content (AvgIpc) is 2.84. The normalized spacial score (nSPS) is 12.5. The summed E-state index contributed by atoms with van der Waals surface area (Å²) in [6, 6.07) is 10.8. The van der Waals surface area contributed by atoms with Crippen LogP contribution in [0.25, 0.3) is 0 Å². The summed E-state index contributed by atoms with van der Waals surface area (Å²) in [5, 5.41) is 5.74. The van der Waals surface area contributed by atoms with Gasteiger partial charge in [-0.15, -0.1) is 11.3 Å². The summed E-state index contributed by atoms with van der Waals surface area (Å²) in [5.74, 6) is 0.626. The van der Waals surface area contributed by atoms with Gasteiger partial charge in [-0.3, -0.25) is 0 Å². The van der Waals surface area contributed by atoms with Crippen LogP contribution in [0.2, 0.25) is 0 Å². The van der Waals surface area contributed by atoms with Crippen LogP contribution in [0.4, 0.5) is 0 Å². The molecule has 0 aliphatic carbocycles. The van der Waals surface area contributed by atoms with Gasteiger partial charge in [0.15, 0.2) is 0 Å². The zero-order valence-corrected chi connectivity index (χ0v) is 16.2. The zero-order chi connectivity index (χ0) is 15.1. The highest BCUT2D eigenvalue weighted by Gasteiger charge is 2.13. The summed E-state index contributed by atoms with van der Waals surface area (Å²) < 4.78 is 2.42. The quantitative estimate of drug-likeness (QED) is 0.531. The van der Waals surface area contributed by atoms with Crippen LogP contribution in [0.15, 0.2) is 44.7 Å². The van der Waals surface area contributed by atoms with Gasteiger partial charge in [0.2, 0.25) is 0 Å². The summed E-state index contributed by atoms with van der Waals surface area (Å²) in [7, 11) is 0. The second-order valence-electron chi connectivity index (χ2n) is 5.30. The first-order chi connectivity index (χ1) is 10.2. The minimum atomic E-state index is 0.626. The van der Waals surface area contributed by atoms with Gasteiger partial charge in [-0.1, -0.05) is 35.0 Å². The molecule has 0 saturated heterocycles. The van der Waals surface area contributed by atoms with Crippen molar-refractivity contribution < 1.29 is 0 Å². The van der Waals surface area contributed by atoms with Gasteiger partial charge in [0, 0.05) is 13.8 Å². The fourth-order valence-electron chi connectivity index (χ4n) is 2.43. The van der Waals surface area contributed by atoms with Gasteiger partial charge < -0.3 is 5.32 Å². The maximum absolute atomic E-state index is 3.66. The molecule has 1 aromatic carbocycles. The molecule has 114 valence electrons. The molecule has 0 bridgehead atoms. The third kappa shape index (κ3) is 5.85. The van der Waals surface area contributed by atoms with Gasteiger partial charge in [0.1, 0.15) is 0 Å². The first kappa shape index (κ1) is 17.2. The summed E-state index contributed by atoms with van der Waals surface area (Å²) in [6.07, 6.45) is 3.42. The van der Waals surface area contributed by atoms with Crippen molar-refractivity contribution in [2.24, 2.45) is 5.92 Å². The second-order valence-corrected chi connectivity index (χ2v) is 8.07. The molecule has 1 heterocycles. The topological polar surface area (TPSA) is 12.0 Å². The maximum Gasteiger partial charge on any atom is 0.0314 e. The summed E-state index contributed by atoms with van der Waals surface area (Å²) in [6.45, 7) is 4.39. The summed E-state index contributed by atoms with van der Waals surface area (Å²) >= 11 is 9.07. The number of hydrogen-bond donors (Lipinski definition) is 1. The van der Waals surface area contributed by atoms with Gasteiger partial charge >= 0.3 is 0 Å². The van der Waals surface area contributed by atoms with Crippen molar-refractivity contribution in [1.29, 1.82) is 0 Å². The van der Waals surface area contributed by atoms with Crippen molar-refractivity contribution in [1.82, 2.24) is 5.32 Å². The van der Waals surface area contributed by atoms with Gasteiger partial charge in [0.05, 0.1) is 0 Å². The first-order valence-electron chi connectivity index (χ1n) is 7.36. The van der Waals surface area contributed by atoms with Crippen molar-refractivity contribution in [2.45, 2.75) is 26.2 Å². The third-order valence-electron chi connectivity index (χ3n) is 3.44. The van der Waals surface area contributed by atoms with Crippen LogP contribution in [0, 0.1) is 5.92 Å². The van der Waals surface area contributed by atoms with Crippen molar-refractivity contribution in [3.05, 3.63) is 55.1 Å². The fourth-order valence-corrected chi connectivity index (χ4v) is 4.51. The van der Waals surface area contributed by atoms with Crippen LogP contribution in [0.1, 0.15) is 23.8 Å². The van der Waals surface area contributed by atoms with Crippen molar-refractivity contribution in [3.63, 3.8) is 0 Å². The van der Waals surface area contributed by atoms with E-state index in [1.54, 1.807) is 0 Å². The van der Waals surface area contributed by atoms with E-state index in [0.29, 0.717) is 5.92 Å². The Bertz CT molecular complexity index is 553. The highest BCUT2D eigenvalue weighted by molar-refractivity contribution is 9.10. The predicted octanol–water partition coefficient (Wildman–Crippen LogP) is 5.67. The molecule has 1 nitrogen and oxygen atoms in total. The molecule has 2 rings (SSSR count). The first-order valence-corrected chi connectivity index (χ1v) is 9.82. The van der Waals surface area contributed by atoms with E-state index in [-0.39, 0.29) is 0 Å².